The first-order valence-electron chi connectivity index (χ1n) is 3.83. The Labute approximate surface area is 77.6 Å². The van der Waals surface area contributed by atoms with Gasteiger partial charge in [-0.1, -0.05) is 28.2 Å². The molecule has 0 aromatic heterocycles. The Hall–Kier alpha value is -1.35. The molecule has 1 heterocycles. The average molecular weight is 192 g/mol. The van der Waals surface area contributed by atoms with Crippen molar-refractivity contribution in [2.45, 2.75) is 4.90 Å². The molecule has 1 aliphatic heterocycles. The zero-order valence-corrected chi connectivity index (χ0v) is 7.66. The molecule has 0 spiro atoms. The van der Waals surface area contributed by atoms with Gasteiger partial charge in [0, 0.05) is 4.90 Å². The molecule has 0 atom stereocenters. The maximum atomic E-state index is 10.9. The van der Waals surface area contributed by atoms with Crippen LogP contribution in [0.2, 0.25) is 0 Å². The Morgan fingerprint density at radius 3 is 2.46 bits per heavy atom. The lowest BCUT2D eigenvalue weighted by atomic mass is 10.2. The lowest BCUT2D eigenvalue weighted by molar-refractivity contribution is 0.566. The fourth-order valence-corrected chi connectivity index (χ4v) is 3.15. The maximum Gasteiger partial charge on any atom is 0.173 e. The van der Waals surface area contributed by atoms with E-state index in [1.165, 1.54) is 0 Å². The minimum atomic E-state index is -1.94. The molecule has 0 bridgehead atoms. The molecule has 1 aromatic rings. The van der Waals surface area contributed by atoms with Crippen molar-refractivity contribution in [1.82, 2.24) is 0 Å². The fraction of sp³-hybridized carbons (Fsp3) is 0. The molecule has 0 saturated heterocycles. The van der Waals surface area contributed by atoms with E-state index in [-0.39, 0.29) is 0 Å². The fourth-order valence-electron chi connectivity index (χ4n) is 1.39. The van der Waals surface area contributed by atoms with Crippen molar-refractivity contribution in [2.75, 3.05) is 0 Å². The SMILES string of the molecule is O=CS1(C=O)C=Cc2ccccc21. The van der Waals surface area contributed by atoms with Crippen LogP contribution in [0.5, 0.6) is 0 Å². The first-order chi connectivity index (χ1) is 6.32. The third-order valence-corrected chi connectivity index (χ3v) is 4.45. The van der Waals surface area contributed by atoms with E-state index < -0.39 is 10.0 Å². The number of carbonyl (C=O) groups excluding carboxylic acids is 2. The van der Waals surface area contributed by atoms with Gasteiger partial charge >= 0.3 is 0 Å². The van der Waals surface area contributed by atoms with E-state index in [2.05, 4.69) is 0 Å². The van der Waals surface area contributed by atoms with E-state index in [1.54, 1.807) is 5.41 Å². The van der Waals surface area contributed by atoms with E-state index in [0.717, 1.165) is 21.7 Å². The predicted octanol–water partition coefficient (Wildman–Crippen LogP) is 2.21. The number of hydrogen-bond acceptors (Lipinski definition) is 2. The van der Waals surface area contributed by atoms with Crippen LogP contribution in [0.15, 0.2) is 34.6 Å². The summed E-state index contributed by atoms with van der Waals surface area (Å²) in [5, 5.41) is 1.72. The van der Waals surface area contributed by atoms with Crippen LogP contribution in [0.1, 0.15) is 5.56 Å². The molecule has 2 rings (SSSR count). The minimum Gasteiger partial charge on any atom is -0.291 e. The third kappa shape index (κ3) is 1.04. The summed E-state index contributed by atoms with van der Waals surface area (Å²) in [6, 6.07) is 7.50. The van der Waals surface area contributed by atoms with Crippen molar-refractivity contribution >= 4 is 27.3 Å². The monoisotopic (exact) mass is 192 g/mol. The normalized spacial score (nSPS) is 19.1. The maximum absolute atomic E-state index is 10.9. The quantitative estimate of drug-likeness (QED) is 0.673. The summed E-state index contributed by atoms with van der Waals surface area (Å²) in [6.45, 7) is 0. The number of hydrogen-bond donors (Lipinski definition) is 0. The first kappa shape index (κ1) is 8.26. The largest absolute Gasteiger partial charge is 0.291 e. The second-order valence-electron chi connectivity index (χ2n) is 2.79. The number of carbonyl (C=O) groups is 2. The second kappa shape index (κ2) is 2.85. The summed E-state index contributed by atoms with van der Waals surface area (Å²) in [5.74, 6) is 0. The Morgan fingerprint density at radius 1 is 1.08 bits per heavy atom. The van der Waals surface area contributed by atoms with Gasteiger partial charge in [-0.3, -0.25) is 9.59 Å². The van der Waals surface area contributed by atoms with Crippen molar-refractivity contribution in [3.63, 3.8) is 0 Å². The van der Waals surface area contributed by atoms with Gasteiger partial charge in [0.2, 0.25) is 0 Å². The van der Waals surface area contributed by atoms with Gasteiger partial charge in [0.15, 0.2) is 11.2 Å². The van der Waals surface area contributed by atoms with Crippen LogP contribution in [0.4, 0.5) is 0 Å². The second-order valence-corrected chi connectivity index (χ2v) is 5.42. The van der Waals surface area contributed by atoms with Crippen LogP contribution < -0.4 is 0 Å². The molecule has 1 aromatic carbocycles. The molecule has 0 unspecified atom stereocenters. The number of rotatable bonds is 2. The Kier molecular flexibility index (Phi) is 1.81. The number of fused-ring (bicyclic) bond motifs is 1. The van der Waals surface area contributed by atoms with E-state index >= 15 is 0 Å². The van der Waals surface area contributed by atoms with Crippen molar-refractivity contribution in [3.05, 3.63) is 35.2 Å². The summed E-state index contributed by atoms with van der Waals surface area (Å²) < 4.78 is 0. The topological polar surface area (TPSA) is 34.1 Å². The first-order valence-corrected chi connectivity index (χ1v) is 5.65. The van der Waals surface area contributed by atoms with Crippen LogP contribution in [-0.2, 0) is 9.59 Å². The van der Waals surface area contributed by atoms with Gasteiger partial charge in [-0.05, 0) is 23.1 Å². The third-order valence-electron chi connectivity index (χ3n) is 2.09. The van der Waals surface area contributed by atoms with Crippen LogP contribution in [0.3, 0.4) is 0 Å². The molecule has 2 nitrogen and oxygen atoms in total. The molecule has 0 N–H and O–H groups in total. The van der Waals surface area contributed by atoms with Crippen LogP contribution in [-0.4, -0.2) is 11.2 Å². The smallest absolute Gasteiger partial charge is 0.173 e. The molecule has 3 heteroatoms. The molecular formula is C10H8O2S. The highest BCUT2D eigenvalue weighted by atomic mass is 32.3. The van der Waals surface area contributed by atoms with E-state index in [9.17, 15) is 9.59 Å². The van der Waals surface area contributed by atoms with Gasteiger partial charge in [0.05, 0.1) is 0 Å². The highest BCUT2D eigenvalue weighted by Gasteiger charge is 2.28. The van der Waals surface area contributed by atoms with E-state index in [1.807, 2.05) is 30.3 Å². The summed E-state index contributed by atoms with van der Waals surface area (Å²) in [4.78, 5) is 22.6. The molecule has 13 heavy (non-hydrogen) atoms. The lowest BCUT2D eigenvalue weighted by Crippen LogP contribution is -1.97. The van der Waals surface area contributed by atoms with Gasteiger partial charge in [0.25, 0.3) is 0 Å². The van der Waals surface area contributed by atoms with Crippen molar-refractivity contribution in [3.8, 4) is 0 Å². The molecule has 0 amide bonds. The van der Waals surface area contributed by atoms with Gasteiger partial charge in [-0.25, -0.2) is 0 Å². The highest BCUT2D eigenvalue weighted by Crippen LogP contribution is 2.57. The molecule has 0 fully saturated rings. The lowest BCUT2D eigenvalue weighted by Gasteiger charge is -2.19. The zero-order chi connectivity index (χ0) is 9.31. The average Bonchev–Trinajstić information content (AvgIpc) is 2.58. The Balaban J connectivity index is 2.66. The molecule has 66 valence electrons. The molecule has 0 aliphatic carbocycles. The number of benzene rings is 1. The van der Waals surface area contributed by atoms with Crippen molar-refractivity contribution < 1.29 is 9.59 Å². The summed E-state index contributed by atoms with van der Waals surface area (Å²) in [6.07, 6.45) is 1.84. The Morgan fingerprint density at radius 2 is 1.77 bits per heavy atom. The van der Waals surface area contributed by atoms with Crippen molar-refractivity contribution in [1.29, 1.82) is 0 Å². The van der Waals surface area contributed by atoms with E-state index in [4.69, 9.17) is 0 Å². The van der Waals surface area contributed by atoms with Gasteiger partial charge in [-0.15, -0.1) is 0 Å². The molecular weight excluding hydrogens is 184 g/mol. The standard InChI is InChI=1S/C10H8O2S/c11-7-13(8-12)6-5-9-3-1-2-4-10(9)13/h1-8H. The summed E-state index contributed by atoms with van der Waals surface area (Å²) >= 11 is 0. The van der Waals surface area contributed by atoms with Gasteiger partial charge in [0.1, 0.15) is 0 Å². The van der Waals surface area contributed by atoms with Crippen LogP contribution in [0.25, 0.3) is 6.08 Å². The highest BCUT2D eigenvalue weighted by molar-refractivity contribution is 8.55. The molecule has 1 aliphatic rings. The van der Waals surface area contributed by atoms with Crippen molar-refractivity contribution in [2.24, 2.45) is 0 Å². The van der Waals surface area contributed by atoms with E-state index in [0.29, 0.717) is 0 Å². The zero-order valence-electron chi connectivity index (χ0n) is 6.84. The molecule has 0 saturated carbocycles. The summed E-state index contributed by atoms with van der Waals surface area (Å²) in [5.41, 5.74) is 2.52. The van der Waals surface area contributed by atoms with Crippen LogP contribution >= 0.6 is 10.0 Å². The summed E-state index contributed by atoms with van der Waals surface area (Å²) in [7, 11) is -1.94. The molecule has 0 radical (unpaired) electrons. The predicted molar refractivity (Wildman–Crippen MR) is 54.8 cm³/mol. The van der Waals surface area contributed by atoms with Gasteiger partial charge < -0.3 is 0 Å². The minimum absolute atomic E-state index is 0.766. The van der Waals surface area contributed by atoms with Gasteiger partial charge in [-0.2, -0.15) is 0 Å². The van der Waals surface area contributed by atoms with Crippen LogP contribution in [0, 0.1) is 0 Å². The Bertz CT molecular complexity index is 388.